The van der Waals surface area contributed by atoms with Gasteiger partial charge in [-0.15, -0.1) is 0 Å². The Bertz CT molecular complexity index is 514. The van der Waals surface area contributed by atoms with Gasteiger partial charge in [0.1, 0.15) is 11.4 Å². The summed E-state index contributed by atoms with van der Waals surface area (Å²) in [5.74, 6) is -0.174. The highest BCUT2D eigenvalue weighted by Gasteiger charge is 2.24. The molecule has 1 heterocycles. The molecule has 7 heteroatoms. The van der Waals surface area contributed by atoms with Gasteiger partial charge in [0.2, 0.25) is 0 Å². The van der Waals surface area contributed by atoms with Crippen LogP contribution in [0.4, 0.5) is 10.6 Å². The van der Waals surface area contributed by atoms with Gasteiger partial charge in [-0.1, -0.05) is 0 Å². The van der Waals surface area contributed by atoms with E-state index in [0.29, 0.717) is 11.5 Å². The van der Waals surface area contributed by atoms with Crippen LogP contribution in [0.3, 0.4) is 0 Å². The number of anilines is 1. The predicted molar refractivity (Wildman–Crippen MR) is 75.8 cm³/mol. The van der Waals surface area contributed by atoms with Crippen LogP contribution in [0.25, 0.3) is 0 Å². The summed E-state index contributed by atoms with van der Waals surface area (Å²) in [6, 6.07) is -0.397. The lowest BCUT2D eigenvalue weighted by Crippen LogP contribution is -2.43. The van der Waals surface area contributed by atoms with E-state index in [1.54, 1.807) is 20.9 Å². The van der Waals surface area contributed by atoms with Crippen molar-refractivity contribution >= 4 is 17.8 Å². The minimum atomic E-state index is -0.496. The molecule has 0 aliphatic rings. The van der Waals surface area contributed by atoms with Crippen molar-refractivity contribution in [1.82, 2.24) is 15.1 Å². The van der Waals surface area contributed by atoms with Crippen LogP contribution in [0.15, 0.2) is 0 Å². The van der Waals surface area contributed by atoms with Gasteiger partial charge >= 0.3 is 12.0 Å². The number of esters is 1. The first-order valence-electron chi connectivity index (χ1n) is 6.45. The Kier molecular flexibility index (Phi) is 4.75. The first-order chi connectivity index (χ1) is 9.15. The van der Waals surface area contributed by atoms with E-state index < -0.39 is 12.0 Å². The number of hydrogen-bond acceptors (Lipinski definition) is 4. The van der Waals surface area contributed by atoms with E-state index in [9.17, 15) is 9.59 Å². The molecule has 1 rings (SSSR count). The Hall–Kier alpha value is -2.05. The smallest absolute Gasteiger partial charge is 0.343 e. The van der Waals surface area contributed by atoms with Gasteiger partial charge in [0, 0.05) is 12.6 Å². The van der Waals surface area contributed by atoms with Crippen LogP contribution < -0.4 is 10.6 Å². The molecule has 0 aromatic carbocycles. The van der Waals surface area contributed by atoms with Gasteiger partial charge in [-0.3, -0.25) is 10.00 Å². The molecule has 0 spiro atoms. The summed E-state index contributed by atoms with van der Waals surface area (Å²) in [7, 11) is 1.66. The molecule has 0 unspecified atom stereocenters. The fraction of sp³-hybridized carbons (Fsp3) is 0.615. The minimum absolute atomic E-state index is 0.265. The molecule has 0 bridgehead atoms. The Morgan fingerprint density at radius 1 is 1.35 bits per heavy atom. The minimum Gasteiger partial charge on any atom is -0.462 e. The average Bonchev–Trinajstić information content (AvgIpc) is 2.51. The van der Waals surface area contributed by atoms with Crippen molar-refractivity contribution in [2.45, 2.75) is 40.2 Å². The number of hydrogen-bond donors (Lipinski definition) is 2. The number of rotatable bonds is 3. The van der Waals surface area contributed by atoms with E-state index in [4.69, 9.17) is 4.74 Å². The largest absolute Gasteiger partial charge is 0.462 e. The van der Waals surface area contributed by atoms with Gasteiger partial charge in [-0.25, -0.2) is 9.59 Å². The molecule has 0 atom stereocenters. The molecule has 1 aromatic heterocycles. The van der Waals surface area contributed by atoms with E-state index in [-0.39, 0.29) is 17.7 Å². The Labute approximate surface area is 118 Å². The third kappa shape index (κ3) is 3.97. The predicted octanol–water partition coefficient (Wildman–Crippen LogP) is 1.83. The number of aryl methyl sites for hydroxylation is 2. The molecule has 0 saturated carbocycles. The monoisotopic (exact) mass is 282 g/mol. The van der Waals surface area contributed by atoms with Crippen molar-refractivity contribution in [1.29, 1.82) is 0 Å². The van der Waals surface area contributed by atoms with Gasteiger partial charge in [-0.05, 0) is 34.6 Å². The maximum Gasteiger partial charge on any atom is 0.343 e. The van der Waals surface area contributed by atoms with Crippen LogP contribution in [0.2, 0.25) is 0 Å². The van der Waals surface area contributed by atoms with Gasteiger partial charge in [-0.2, -0.15) is 5.10 Å². The lowest BCUT2D eigenvalue weighted by Gasteiger charge is -2.21. The molecule has 112 valence electrons. The van der Waals surface area contributed by atoms with Crippen LogP contribution in [0.5, 0.6) is 0 Å². The summed E-state index contributed by atoms with van der Waals surface area (Å²) >= 11 is 0. The summed E-state index contributed by atoms with van der Waals surface area (Å²) in [6.07, 6.45) is 0. The molecule has 2 amide bonds. The SMILES string of the molecule is CCOC(=O)c1c(C)nn(C)c1NC(=O)NC(C)(C)C. The van der Waals surface area contributed by atoms with E-state index >= 15 is 0 Å². The highest BCUT2D eigenvalue weighted by Crippen LogP contribution is 2.20. The van der Waals surface area contributed by atoms with E-state index in [0.717, 1.165) is 0 Å². The van der Waals surface area contributed by atoms with E-state index in [1.165, 1.54) is 4.68 Å². The number of carbonyl (C=O) groups is 2. The highest BCUT2D eigenvalue weighted by atomic mass is 16.5. The van der Waals surface area contributed by atoms with Crippen molar-refractivity contribution in [3.05, 3.63) is 11.3 Å². The zero-order valence-electron chi connectivity index (χ0n) is 12.8. The number of urea groups is 1. The fourth-order valence-electron chi connectivity index (χ4n) is 1.73. The molecular formula is C13H22N4O3. The molecule has 2 N–H and O–H groups in total. The number of aromatic nitrogens is 2. The molecule has 1 aromatic rings. The van der Waals surface area contributed by atoms with E-state index in [1.807, 2.05) is 20.8 Å². The topological polar surface area (TPSA) is 85.2 Å². The summed E-state index contributed by atoms with van der Waals surface area (Å²) in [5, 5.41) is 9.54. The van der Waals surface area contributed by atoms with Crippen molar-refractivity contribution in [2.75, 3.05) is 11.9 Å². The van der Waals surface area contributed by atoms with Crippen LogP contribution in [0, 0.1) is 6.92 Å². The molecule has 0 saturated heterocycles. The number of ether oxygens (including phenoxy) is 1. The van der Waals surface area contributed by atoms with Crippen molar-refractivity contribution in [3.63, 3.8) is 0 Å². The summed E-state index contributed by atoms with van der Waals surface area (Å²) < 4.78 is 6.43. The zero-order chi connectivity index (χ0) is 15.5. The van der Waals surface area contributed by atoms with Gasteiger partial charge in [0.05, 0.1) is 12.3 Å². The summed E-state index contributed by atoms with van der Waals surface area (Å²) in [4.78, 5) is 23.8. The Morgan fingerprint density at radius 2 is 1.95 bits per heavy atom. The zero-order valence-corrected chi connectivity index (χ0v) is 12.8. The third-order valence-corrected chi connectivity index (χ3v) is 2.42. The van der Waals surface area contributed by atoms with Crippen molar-refractivity contribution in [2.24, 2.45) is 7.05 Å². The normalized spacial score (nSPS) is 11.1. The number of carbonyl (C=O) groups excluding carboxylic acids is 2. The second kappa shape index (κ2) is 5.94. The highest BCUT2D eigenvalue weighted by molar-refractivity contribution is 6.00. The van der Waals surface area contributed by atoms with Crippen LogP contribution in [-0.4, -0.2) is 33.9 Å². The Balaban J connectivity index is 3.00. The lowest BCUT2D eigenvalue weighted by atomic mass is 10.1. The van der Waals surface area contributed by atoms with Crippen LogP contribution in [0.1, 0.15) is 43.7 Å². The summed E-state index contributed by atoms with van der Waals surface area (Å²) in [5.41, 5.74) is 0.414. The maximum atomic E-state index is 11.9. The van der Waals surface area contributed by atoms with Crippen LogP contribution >= 0.6 is 0 Å². The first-order valence-corrected chi connectivity index (χ1v) is 6.45. The molecular weight excluding hydrogens is 260 g/mol. The van der Waals surface area contributed by atoms with E-state index in [2.05, 4.69) is 15.7 Å². The Morgan fingerprint density at radius 3 is 2.45 bits per heavy atom. The molecule has 0 aliphatic carbocycles. The standard InChI is InChI=1S/C13H22N4O3/c1-7-20-11(18)9-8(2)16-17(6)10(9)14-12(19)15-13(3,4)5/h7H2,1-6H3,(H2,14,15,19). The van der Waals surface area contributed by atoms with Crippen LogP contribution in [-0.2, 0) is 11.8 Å². The molecule has 7 nitrogen and oxygen atoms in total. The van der Waals surface area contributed by atoms with Crippen molar-refractivity contribution < 1.29 is 14.3 Å². The quantitative estimate of drug-likeness (QED) is 0.828. The fourth-order valence-corrected chi connectivity index (χ4v) is 1.73. The number of amides is 2. The molecule has 0 radical (unpaired) electrons. The van der Waals surface area contributed by atoms with Gasteiger partial charge in [0.15, 0.2) is 0 Å². The number of nitrogens with one attached hydrogen (secondary N) is 2. The number of nitrogens with zero attached hydrogens (tertiary/aromatic N) is 2. The maximum absolute atomic E-state index is 11.9. The van der Waals surface area contributed by atoms with Gasteiger partial charge < -0.3 is 10.1 Å². The summed E-state index contributed by atoms with van der Waals surface area (Å²) in [6.45, 7) is 9.29. The first kappa shape index (κ1) is 16.0. The second-order valence-electron chi connectivity index (χ2n) is 5.48. The third-order valence-electron chi connectivity index (χ3n) is 2.42. The van der Waals surface area contributed by atoms with Crippen molar-refractivity contribution in [3.8, 4) is 0 Å². The van der Waals surface area contributed by atoms with Gasteiger partial charge in [0.25, 0.3) is 0 Å². The average molecular weight is 282 g/mol. The molecule has 0 aliphatic heterocycles. The molecule has 20 heavy (non-hydrogen) atoms. The molecule has 0 fully saturated rings. The second-order valence-corrected chi connectivity index (χ2v) is 5.48. The lowest BCUT2D eigenvalue weighted by molar-refractivity contribution is 0.0526.